The van der Waals surface area contributed by atoms with Crippen LogP contribution in [0.3, 0.4) is 0 Å². The number of anilines is 1. The Labute approximate surface area is 108 Å². The first-order valence-corrected chi connectivity index (χ1v) is 7.14. The molecule has 1 N–H and O–H groups in total. The van der Waals surface area contributed by atoms with E-state index < -0.39 is 0 Å². The summed E-state index contributed by atoms with van der Waals surface area (Å²) < 4.78 is 1.23. The summed E-state index contributed by atoms with van der Waals surface area (Å²) >= 11 is 5.37. The van der Waals surface area contributed by atoms with E-state index in [4.69, 9.17) is 0 Å². The Morgan fingerprint density at radius 2 is 2.12 bits per heavy atom. The highest BCUT2D eigenvalue weighted by molar-refractivity contribution is 9.10. The zero-order chi connectivity index (χ0) is 11.0. The number of nitrogens with one attached hydrogen (secondary N) is 1. The molecule has 16 heavy (non-hydrogen) atoms. The summed E-state index contributed by atoms with van der Waals surface area (Å²) in [4.78, 5) is 0. The van der Waals surface area contributed by atoms with E-state index in [9.17, 15) is 0 Å². The van der Waals surface area contributed by atoms with Gasteiger partial charge in [-0.2, -0.15) is 11.3 Å². The lowest BCUT2D eigenvalue weighted by Gasteiger charge is -2.27. The van der Waals surface area contributed by atoms with Crippen LogP contribution >= 0.6 is 27.3 Å². The van der Waals surface area contributed by atoms with Crippen molar-refractivity contribution in [3.63, 3.8) is 0 Å². The molecule has 1 nitrogen and oxygen atoms in total. The minimum atomic E-state index is 0.454. The van der Waals surface area contributed by atoms with Crippen LogP contribution in [0.2, 0.25) is 0 Å². The van der Waals surface area contributed by atoms with Crippen molar-refractivity contribution in [1.29, 1.82) is 0 Å². The molecule has 0 aliphatic carbocycles. The monoisotopic (exact) mass is 293 g/mol. The molecule has 82 valence electrons. The van der Waals surface area contributed by atoms with Gasteiger partial charge in [-0.15, -0.1) is 0 Å². The number of hydrogen-bond acceptors (Lipinski definition) is 2. The van der Waals surface area contributed by atoms with Gasteiger partial charge in [0.25, 0.3) is 0 Å². The standard InChI is InChI=1S/C13H12BrNS/c14-11-8-16-7-10(11)13-6-5-9-3-1-2-4-12(9)15-13/h1-4,7-8,13,15H,5-6H2. The van der Waals surface area contributed by atoms with E-state index in [2.05, 4.69) is 56.3 Å². The fraction of sp³-hybridized carbons (Fsp3) is 0.231. The molecule has 1 unspecified atom stereocenters. The van der Waals surface area contributed by atoms with Crippen molar-refractivity contribution in [2.24, 2.45) is 0 Å². The van der Waals surface area contributed by atoms with Crippen molar-refractivity contribution in [2.45, 2.75) is 18.9 Å². The molecular formula is C13H12BrNS. The second kappa shape index (κ2) is 4.22. The largest absolute Gasteiger partial charge is 0.378 e. The normalized spacial score (nSPS) is 18.9. The zero-order valence-corrected chi connectivity index (χ0v) is 11.1. The molecule has 0 spiro atoms. The SMILES string of the molecule is Brc1cscc1C1CCc2ccccc2N1. The van der Waals surface area contributed by atoms with Crippen LogP contribution in [0.15, 0.2) is 39.5 Å². The number of rotatable bonds is 1. The summed E-state index contributed by atoms with van der Waals surface area (Å²) in [6, 6.07) is 9.04. The molecule has 2 aromatic rings. The Morgan fingerprint density at radius 3 is 2.94 bits per heavy atom. The van der Waals surface area contributed by atoms with Crippen LogP contribution in [-0.4, -0.2) is 0 Å². The highest BCUT2D eigenvalue weighted by Gasteiger charge is 2.20. The molecule has 2 heterocycles. The van der Waals surface area contributed by atoms with Crippen LogP contribution in [0.5, 0.6) is 0 Å². The first kappa shape index (κ1) is 10.4. The Hall–Kier alpha value is -0.800. The fourth-order valence-electron chi connectivity index (χ4n) is 2.21. The average Bonchev–Trinajstić information content (AvgIpc) is 2.75. The Morgan fingerprint density at radius 1 is 1.25 bits per heavy atom. The van der Waals surface area contributed by atoms with Gasteiger partial charge >= 0.3 is 0 Å². The van der Waals surface area contributed by atoms with Gasteiger partial charge in [0.15, 0.2) is 0 Å². The van der Waals surface area contributed by atoms with Gasteiger partial charge in [0.2, 0.25) is 0 Å². The van der Waals surface area contributed by atoms with Gasteiger partial charge in [0.1, 0.15) is 0 Å². The molecule has 1 aromatic carbocycles. The molecule has 0 bridgehead atoms. The van der Waals surface area contributed by atoms with Gasteiger partial charge in [-0.1, -0.05) is 18.2 Å². The molecule has 1 atom stereocenters. The average molecular weight is 294 g/mol. The predicted molar refractivity (Wildman–Crippen MR) is 73.1 cm³/mol. The van der Waals surface area contributed by atoms with Crippen molar-refractivity contribution in [2.75, 3.05) is 5.32 Å². The summed E-state index contributed by atoms with van der Waals surface area (Å²) in [7, 11) is 0. The maximum Gasteiger partial charge on any atom is 0.0536 e. The third-order valence-corrected chi connectivity index (χ3v) is 4.82. The van der Waals surface area contributed by atoms with Crippen LogP contribution < -0.4 is 5.32 Å². The second-order valence-electron chi connectivity index (χ2n) is 4.07. The number of halogens is 1. The molecule has 3 rings (SSSR count). The number of hydrogen-bond donors (Lipinski definition) is 1. The number of para-hydroxylation sites is 1. The topological polar surface area (TPSA) is 12.0 Å². The van der Waals surface area contributed by atoms with Crippen molar-refractivity contribution in [3.05, 3.63) is 50.6 Å². The Balaban J connectivity index is 1.91. The summed E-state index contributed by atoms with van der Waals surface area (Å²) in [6.45, 7) is 0. The fourth-order valence-corrected chi connectivity index (χ4v) is 3.84. The molecular weight excluding hydrogens is 282 g/mol. The van der Waals surface area contributed by atoms with Gasteiger partial charge in [0, 0.05) is 15.5 Å². The lowest BCUT2D eigenvalue weighted by atomic mass is 9.95. The quantitative estimate of drug-likeness (QED) is 0.810. The maximum atomic E-state index is 3.62. The number of thiophene rings is 1. The molecule has 1 aliphatic rings. The van der Waals surface area contributed by atoms with Crippen LogP contribution in [0, 0.1) is 0 Å². The Kier molecular flexibility index (Phi) is 2.74. The predicted octanol–water partition coefficient (Wildman–Crippen LogP) is 4.61. The van der Waals surface area contributed by atoms with Crippen LogP contribution in [0.1, 0.15) is 23.6 Å². The number of fused-ring (bicyclic) bond motifs is 1. The zero-order valence-electron chi connectivity index (χ0n) is 8.74. The minimum Gasteiger partial charge on any atom is -0.378 e. The molecule has 0 saturated heterocycles. The Bertz CT molecular complexity index is 506. The molecule has 0 fully saturated rings. The third kappa shape index (κ3) is 1.78. The van der Waals surface area contributed by atoms with Gasteiger partial charge in [-0.25, -0.2) is 0 Å². The summed E-state index contributed by atoms with van der Waals surface area (Å²) in [6.07, 6.45) is 2.34. The van der Waals surface area contributed by atoms with E-state index in [1.807, 2.05) is 0 Å². The highest BCUT2D eigenvalue weighted by atomic mass is 79.9. The van der Waals surface area contributed by atoms with Crippen molar-refractivity contribution < 1.29 is 0 Å². The first-order chi connectivity index (χ1) is 7.84. The molecule has 3 heteroatoms. The number of aryl methyl sites for hydroxylation is 1. The molecule has 0 amide bonds. The highest BCUT2D eigenvalue weighted by Crippen LogP contribution is 2.36. The first-order valence-electron chi connectivity index (χ1n) is 5.40. The van der Waals surface area contributed by atoms with E-state index in [1.165, 1.54) is 27.7 Å². The van der Waals surface area contributed by atoms with E-state index >= 15 is 0 Å². The van der Waals surface area contributed by atoms with E-state index in [1.54, 1.807) is 11.3 Å². The second-order valence-corrected chi connectivity index (χ2v) is 5.67. The van der Waals surface area contributed by atoms with Crippen molar-refractivity contribution in [1.82, 2.24) is 0 Å². The van der Waals surface area contributed by atoms with Gasteiger partial charge < -0.3 is 5.32 Å². The third-order valence-electron chi connectivity index (χ3n) is 3.07. The van der Waals surface area contributed by atoms with Crippen molar-refractivity contribution >= 4 is 33.0 Å². The lowest BCUT2D eigenvalue weighted by Crippen LogP contribution is -2.17. The molecule has 0 radical (unpaired) electrons. The summed E-state index contributed by atoms with van der Waals surface area (Å²) in [5, 5.41) is 8.00. The van der Waals surface area contributed by atoms with E-state index in [-0.39, 0.29) is 0 Å². The summed E-state index contributed by atoms with van der Waals surface area (Å²) in [5.41, 5.74) is 4.11. The van der Waals surface area contributed by atoms with E-state index in [0.717, 1.165) is 6.42 Å². The van der Waals surface area contributed by atoms with Gasteiger partial charge in [-0.3, -0.25) is 0 Å². The minimum absolute atomic E-state index is 0.454. The number of benzene rings is 1. The van der Waals surface area contributed by atoms with E-state index in [0.29, 0.717) is 6.04 Å². The maximum absolute atomic E-state index is 3.62. The van der Waals surface area contributed by atoms with Crippen molar-refractivity contribution in [3.8, 4) is 0 Å². The molecule has 0 saturated carbocycles. The van der Waals surface area contributed by atoms with Crippen LogP contribution in [-0.2, 0) is 6.42 Å². The summed E-state index contributed by atoms with van der Waals surface area (Å²) in [5.74, 6) is 0. The lowest BCUT2D eigenvalue weighted by molar-refractivity contribution is 0.668. The molecule has 1 aromatic heterocycles. The molecule has 1 aliphatic heterocycles. The van der Waals surface area contributed by atoms with Crippen LogP contribution in [0.4, 0.5) is 5.69 Å². The smallest absolute Gasteiger partial charge is 0.0536 e. The van der Waals surface area contributed by atoms with Crippen LogP contribution in [0.25, 0.3) is 0 Å². The van der Waals surface area contributed by atoms with Gasteiger partial charge in [-0.05, 0) is 51.3 Å². The van der Waals surface area contributed by atoms with Gasteiger partial charge in [0.05, 0.1) is 6.04 Å².